The zero-order chi connectivity index (χ0) is 22.1. The molecule has 0 radical (unpaired) electrons. The number of aromatic nitrogens is 1. The lowest BCUT2D eigenvalue weighted by Crippen LogP contribution is -2.21. The molecule has 0 unspecified atom stereocenters. The number of rotatable bonds is 4. The number of Topliss-reactive ketones (excluding diaryl/α,β-unsaturated/α-hetero) is 1. The van der Waals surface area contributed by atoms with Crippen molar-refractivity contribution >= 4 is 22.5 Å². The van der Waals surface area contributed by atoms with E-state index in [1.165, 1.54) is 4.90 Å². The van der Waals surface area contributed by atoms with E-state index in [-0.39, 0.29) is 23.0 Å². The normalized spacial score (nSPS) is 10.8. The number of aromatic hydroxyl groups is 1. The Balaban J connectivity index is 1.80. The standard InChI is InChI=1S/C26H22N2O3/c1-16(29)17-8-10-18(11-9-17)19-12-13-24(27-15-19)22-14-23(26(31)28(2)3)25(30)21-7-5-4-6-20(21)22/h4-15,30H,1-3H3. The average molecular weight is 410 g/mol. The van der Waals surface area contributed by atoms with Crippen molar-refractivity contribution in [3.63, 3.8) is 0 Å². The van der Waals surface area contributed by atoms with Crippen molar-refractivity contribution in [3.05, 3.63) is 84.1 Å². The number of phenolic OH excluding ortho intramolecular Hbond substituents is 1. The largest absolute Gasteiger partial charge is 0.506 e. The van der Waals surface area contributed by atoms with Crippen LogP contribution in [0, 0.1) is 0 Å². The summed E-state index contributed by atoms with van der Waals surface area (Å²) in [7, 11) is 3.31. The molecule has 154 valence electrons. The predicted octanol–water partition coefficient (Wildman–Crippen LogP) is 5.18. The molecule has 1 N–H and O–H groups in total. The smallest absolute Gasteiger partial charge is 0.257 e. The molecule has 0 aliphatic carbocycles. The van der Waals surface area contributed by atoms with Gasteiger partial charge in [-0.2, -0.15) is 0 Å². The number of phenols is 1. The van der Waals surface area contributed by atoms with Crippen molar-refractivity contribution < 1.29 is 14.7 Å². The molecule has 4 rings (SSSR count). The number of hydrogen-bond donors (Lipinski definition) is 1. The van der Waals surface area contributed by atoms with E-state index in [2.05, 4.69) is 4.98 Å². The molecule has 5 heteroatoms. The minimum Gasteiger partial charge on any atom is -0.506 e. The monoisotopic (exact) mass is 410 g/mol. The van der Waals surface area contributed by atoms with Gasteiger partial charge in [-0.25, -0.2) is 0 Å². The molecule has 4 aromatic rings. The summed E-state index contributed by atoms with van der Waals surface area (Å²) in [5.41, 5.74) is 4.27. The summed E-state index contributed by atoms with van der Waals surface area (Å²) >= 11 is 0. The van der Waals surface area contributed by atoms with Crippen LogP contribution in [0.4, 0.5) is 0 Å². The van der Waals surface area contributed by atoms with Gasteiger partial charge in [0.15, 0.2) is 5.78 Å². The second-order valence-electron chi connectivity index (χ2n) is 7.63. The van der Waals surface area contributed by atoms with Crippen molar-refractivity contribution in [2.24, 2.45) is 0 Å². The Labute approximate surface area is 180 Å². The van der Waals surface area contributed by atoms with Gasteiger partial charge in [0.25, 0.3) is 5.91 Å². The van der Waals surface area contributed by atoms with E-state index in [0.717, 1.165) is 22.1 Å². The summed E-state index contributed by atoms with van der Waals surface area (Å²) < 4.78 is 0. The Kier molecular flexibility index (Phi) is 5.26. The molecule has 3 aromatic carbocycles. The minimum atomic E-state index is -0.272. The van der Waals surface area contributed by atoms with Crippen LogP contribution in [0.25, 0.3) is 33.2 Å². The minimum absolute atomic E-state index is 0.0276. The van der Waals surface area contributed by atoms with Gasteiger partial charge in [0, 0.05) is 42.4 Å². The van der Waals surface area contributed by atoms with Crippen LogP contribution in [0.5, 0.6) is 5.75 Å². The molecule has 0 aliphatic heterocycles. The lowest BCUT2D eigenvalue weighted by molar-refractivity contribution is 0.0824. The van der Waals surface area contributed by atoms with Crippen LogP contribution in [0.2, 0.25) is 0 Å². The van der Waals surface area contributed by atoms with E-state index in [1.54, 1.807) is 51.5 Å². The van der Waals surface area contributed by atoms with E-state index < -0.39 is 0 Å². The first-order valence-corrected chi connectivity index (χ1v) is 9.91. The predicted molar refractivity (Wildman–Crippen MR) is 122 cm³/mol. The molecule has 0 bridgehead atoms. The molecule has 0 atom stereocenters. The maximum absolute atomic E-state index is 12.6. The molecule has 1 heterocycles. The van der Waals surface area contributed by atoms with Crippen molar-refractivity contribution in [1.29, 1.82) is 0 Å². The van der Waals surface area contributed by atoms with Gasteiger partial charge in [0.2, 0.25) is 0 Å². The number of nitrogens with zero attached hydrogens (tertiary/aromatic N) is 2. The van der Waals surface area contributed by atoms with E-state index in [9.17, 15) is 14.7 Å². The van der Waals surface area contributed by atoms with Crippen molar-refractivity contribution in [2.75, 3.05) is 14.1 Å². The van der Waals surface area contributed by atoms with Crippen molar-refractivity contribution in [1.82, 2.24) is 9.88 Å². The van der Waals surface area contributed by atoms with Crippen LogP contribution in [0.1, 0.15) is 27.6 Å². The maximum atomic E-state index is 12.6. The van der Waals surface area contributed by atoms with E-state index in [1.807, 2.05) is 42.5 Å². The highest BCUT2D eigenvalue weighted by Gasteiger charge is 2.19. The van der Waals surface area contributed by atoms with E-state index in [4.69, 9.17) is 0 Å². The molecule has 0 fully saturated rings. The van der Waals surface area contributed by atoms with Gasteiger partial charge in [-0.1, -0.05) is 54.6 Å². The Hall–Kier alpha value is -3.99. The topological polar surface area (TPSA) is 70.5 Å². The molecule has 0 saturated heterocycles. The van der Waals surface area contributed by atoms with Crippen LogP contribution in [-0.4, -0.2) is 40.8 Å². The summed E-state index contributed by atoms with van der Waals surface area (Å²) in [5, 5.41) is 12.1. The number of carbonyl (C=O) groups excluding carboxylic acids is 2. The highest BCUT2D eigenvalue weighted by Crippen LogP contribution is 2.37. The SMILES string of the molecule is CC(=O)c1ccc(-c2ccc(-c3cc(C(=O)N(C)C)c(O)c4ccccc34)nc2)cc1. The van der Waals surface area contributed by atoms with Gasteiger partial charge in [-0.05, 0) is 30.0 Å². The Morgan fingerprint density at radius 2 is 1.52 bits per heavy atom. The van der Waals surface area contributed by atoms with Crippen molar-refractivity contribution in [3.8, 4) is 28.1 Å². The highest BCUT2D eigenvalue weighted by atomic mass is 16.3. The zero-order valence-electron chi connectivity index (χ0n) is 17.6. The first-order valence-electron chi connectivity index (χ1n) is 9.91. The number of pyridine rings is 1. The number of amides is 1. The number of fused-ring (bicyclic) bond motifs is 1. The number of hydrogen-bond acceptors (Lipinski definition) is 4. The quantitative estimate of drug-likeness (QED) is 0.471. The maximum Gasteiger partial charge on any atom is 0.257 e. The molecule has 0 spiro atoms. The lowest BCUT2D eigenvalue weighted by atomic mass is 9.96. The summed E-state index contributed by atoms with van der Waals surface area (Å²) in [6.07, 6.45) is 1.77. The first-order chi connectivity index (χ1) is 14.9. The van der Waals surface area contributed by atoms with Crippen LogP contribution in [0.15, 0.2) is 72.9 Å². The molecule has 31 heavy (non-hydrogen) atoms. The first kappa shape index (κ1) is 20.3. The fraction of sp³-hybridized carbons (Fsp3) is 0.115. The van der Waals surface area contributed by atoms with Crippen LogP contribution < -0.4 is 0 Å². The number of ketones is 1. The lowest BCUT2D eigenvalue weighted by Gasteiger charge is -2.16. The molecule has 5 nitrogen and oxygen atoms in total. The third kappa shape index (κ3) is 3.78. The molecule has 0 saturated carbocycles. The summed E-state index contributed by atoms with van der Waals surface area (Å²) in [4.78, 5) is 30.2. The Morgan fingerprint density at radius 3 is 2.10 bits per heavy atom. The van der Waals surface area contributed by atoms with Gasteiger partial charge >= 0.3 is 0 Å². The third-order valence-corrected chi connectivity index (χ3v) is 5.32. The van der Waals surface area contributed by atoms with Gasteiger partial charge < -0.3 is 10.0 Å². The molecular weight excluding hydrogens is 388 g/mol. The molecule has 0 aliphatic rings. The summed E-state index contributed by atoms with van der Waals surface area (Å²) in [6.45, 7) is 1.54. The fourth-order valence-electron chi connectivity index (χ4n) is 3.60. The van der Waals surface area contributed by atoms with Gasteiger partial charge in [0.05, 0.1) is 11.3 Å². The fourth-order valence-corrected chi connectivity index (χ4v) is 3.60. The van der Waals surface area contributed by atoms with E-state index in [0.29, 0.717) is 16.6 Å². The van der Waals surface area contributed by atoms with Crippen molar-refractivity contribution in [2.45, 2.75) is 6.92 Å². The van der Waals surface area contributed by atoms with Crippen LogP contribution in [-0.2, 0) is 0 Å². The Bertz CT molecular complexity index is 1290. The van der Waals surface area contributed by atoms with Gasteiger partial charge in [-0.3, -0.25) is 14.6 Å². The molecular formula is C26H22N2O3. The zero-order valence-corrected chi connectivity index (χ0v) is 17.6. The third-order valence-electron chi connectivity index (χ3n) is 5.32. The number of benzene rings is 3. The Morgan fingerprint density at radius 1 is 0.871 bits per heavy atom. The molecule has 1 aromatic heterocycles. The summed E-state index contributed by atoms with van der Waals surface area (Å²) in [5.74, 6) is -0.269. The van der Waals surface area contributed by atoms with E-state index >= 15 is 0 Å². The van der Waals surface area contributed by atoms with Crippen LogP contribution >= 0.6 is 0 Å². The summed E-state index contributed by atoms with van der Waals surface area (Å²) in [6, 6.07) is 20.4. The molecule has 1 amide bonds. The average Bonchev–Trinajstić information content (AvgIpc) is 2.79. The van der Waals surface area contributed by atoms with Gasteiger partial charge in [-0.15, -0.1) is 0 Å². The van der Waals surface area contributed by atoms with Crippen LogP contribution in [0.3, 0.4) is 0 Å². The number of carbonyl (C=O) groups is 2. The van der Waals surface area contributed by atoms with Gasteiger partial charge in [0.1, 0.15) is 5.75 Å². The highest BCUT2D eigenvalue weighted by molar-refractivity contribution is 6.08. The second kappa shape index (κ2) is 8.03. The second-order valence-corrected chi connectivity index (χ2v) is 7.63.